The third-order valence-corrected chi connectivity index (χ3v) is 3.00. The summed E-state index contributed by atoms with van der Waals surface area (Å²) in [5, 5.41) is 0.343. The molecule has 0 aliphatic rings. The molecule has 3 heteroatoms. The second-order valence-corrected chi connectivity index (χ2v) is 4.81. The highest BCUT2D eigenvalue weighted by Crippen LogP contribution is 2.40. The van der Waals surface area contributed by atoms with Gasteiger partial charge >= 0.3 is 0 Å². The maximum Gasteiger partial charge on any atom is 0.157 e. The van der Waals surface area contributed by atoms with Crippen LogP contribution in [-0.4, -0.2) is 4.98 Å². The molecule has 15 heavy (non-hydrogen) atoms. The number of nitrogens with zero attached hydrogens (tertiary/aromatic N) is 1. The Kier molecular flexibility index (Phi) is 3.72. The molecule has 1 aromatic rings. The molecule has 1 rings (SSSR count). The predicted octanol–water partition coefficient (Wildman–Crippen LogP) is 4.21. The molecule has 0 aromatic carbocycles. The second-order valence-electron chi connectivity index (χ2n) is 4.42. The number of pyridine rings is 1. The monoisotopic (exact) mass is 229 g/mol. The van der Waals surface area contributed by atoms with Crippen molar-refractivity contribution >= 4 is 11.6 Å². The number of aromatic nitrogens is 1. The lowest BCUT2D eigenvalue weighted by Crippen LogP contribution is -2.34. The third-order valence-electron chi connectivity index (χ3n) is 2.79. The van der Waals surface area contributed by atoms with Crippen molar-refractivity contribution < 1.29 is 4.39 Å². The predicted molar refractivity (Wildman–Crippen MR) is 61.7 cm³/mol. The van der Waals surface area contributed by atoms with E-state index < -0.39 is 5.67 Å². The van der Waals surface area contributed by atoms with E-state index in [9.17, 15) is 4.39 Å². The minimum Gasteiger partial charge on any atom is -0.238 e. The van der Waals surface area contributed by atoms with E-state index in [1.54, 1.807) is 18.2 Å². The van der Waals surface area contributed by atoms with E-state index in [-0.39, 0.29) is 11.8 Å². The number of alkyl halides is 1. The average Bonchev–Trinajstić information content (AvgIpc) is 2.15. The normalized spacial score (nSPS) is 12.5. The van der Waals surface area contributed by atoms with Gasteiger partial charge in [-0.15, -0.1) is 0 Å². The lowest BCUT2D eigenvalue weighted by atomic mass is 9.79. The van der Waals surface area contributed by atoms with E-state index in [2.05, 4.69) is 4.98 Å². The second kappa shape index (κ2) is 4.48. The van der Waals surface area contributed by atoms with E-state index in [1.165, 1.54) is 0 Å². The lowest BCUT2D eigenvalue weighted by molar-refractivity contribution is 0.0382. The standard InChI is InChI=1S/C12H17ClFN/c1-8(2)12(14,9(3)4)10-6-5-7-11(13)15-10/h5-9H,1-4H3. The van der Waals surface area contributed by atoms with Crippen LogP contribution in [0.15, 0.2) is 18.2 Å². The summed E-state index contributed by atoms with van der Waals surface area (Å²) in [6, 6.07) is 5.10. The highest BCUT2D eigenvalue weighted by molar-refractivity contribution is 6.29. The molecular weight excluding hydrogens is 213 g/mol. The Hall–Kier alpha value is -0.630. The quantitative estimate of drug-likeness (QED) is 0.708. The molecule has 0 N–H and O–H groups in total. The van der Waals surface area contributed by atoms with Crippen molar-refractivity contribution in [2.45, 2.75) is 33.4 Å². The van der Waals surface area contributed by atoms with Crippen LogP contribution in [-0.2, 0) is 5.67 Å². The van der Waals surface area contributed by atoms with Crippen LogP contribution in [0.1, 0.15) is 33.4 Å². The Bertz CT molecular complexity index is 328. The molecule has 0 aliphatic carbocycles. The lowest BCUT2D eigenvalue weighted by Gasteiger charge is -2.32. The average molecular weight is 230 g/mol. The first kappa shape index (κ1) is 12.4. The summed E-state index contributed by atoms with van der Waals surface area (Å²) in [5.41, 5.74) is -0.981. The van der Waals surface area contributed by atoms with Gasteiger partial charge in [0.05, 0.1) is 5.69 Å². The van der Waals surface area contributed by atoms with Crippen LogP contribution in [0.4, 0.5) is 4.39 Å². The molecule has 1 heterocycles. The van der Waals surface area contributed by atoms with Crippen LogP contribution in [0, 0.1) is 11.8 Å². The van der Waals surface area contributed by atoms with Gasteiger partial charge in [0.1, 0.15) is 5.15 Å². The van der Waals surface area contributed by atoms with Gasteiger partial charge in [-0.3, -0.25) is 0 Å². The Morgan fingerprint density at radius 2 is 1.73 bits per heavy atom. The van der Waals surface area contributed by atoms with E-state index in [1.807, 2.05) is 27.7 Å². The summed E-state index contributed by atoms with van der Waals surface area (Å²) < 4.78 is 14.8. The Balaban J connectivity index is 3.21. The fraction of sp³-hybridized carbons (Fsp3) is 0.583. The minimum absolute atomic E-state index is 0.122. The summed E-state index contributed by atoms with van der Waals surface area (Å²) >= 11 is 5.78. The molecule has 0 fully saturated rings. The first-order valence-electron chi connectivity index (χ1n) is 5.21. The number of hydrogen-bond donors (Lipinski definition) is 0. The van der Waals surface area contributed by atoms with Crippen molar-refractivity contribution in [1.82, 2.24) is 4.98 Å². The molecule has 84 valence electrons. The summed E-state index contributed by atoms with van der Waals surface area (Å²) in [5.74, 6) is -0.244. The van der Waals surface area contributed by atoms with Gasteiger partial charge < -0.3 is 0 Å². The van der Waals surface area contributed by atoms with E-state index in [0.29, 0.717) is 10.8 Å². The third kappa shape index (κ3) is 2.31. The van der Waals surface area contributed by atoms with Gasteiger partial charge in [-0.2, -0.15) is 0 Å². The number of halogens is 2. The zero-order valence-corrected chi connectivity index (χ0v) is 10.3. The van der Waals surface area contributed by atoms with Crippen LogP contribution in [0.25, 0.3) is 0 Å². The zero-order chi connectivity index (χ0) is 11.6. The van der Waals surface area contributed by atoms with Crippen LogP contribution in [0.5, 0.6) is 0 Å². The first-order valence-corrected chi connectivity index (χ1v) is 5.58. The van der Waals surface area contributed by atoms with Crippen LogP contribution in [0.2, 0.25) is 5.15 Å². The summed E-state index contributed by atoms with van der Waals surface area (Å²) in [4.78, 5) is 4.08. The fourth-order valence-electron chi connectivity index (χ4n) is 1.88. The molecule has 0 saturated carbocycles. The Morgan fingerprint density at radius 3 is 2.13 bits per heavy atom. The molecule has 0 aliphatic heterocycles. The smallest absolute Gasteiger partial charge is 0.157 e. The van der Waals surface area contributed by atoms with Crippen molar-refractivity contribution in [2.75, 3.05) is 0 Å². The van der Waals surface area contributed by atoms with Crippen molar-refractivity contribution in [3.05, 3.63) is 29.0 Å². The van der Waals surface area contributed by atoms with E-state index >= 15 is 0 Å². The summed E-state index contributed by atoms with van der Waals surface area (Å²) in [6.45, 7) is 7.45. The Morgan fingerprint density at radius 1 is 1.20 bits per heavy atom. The molecular formula is C12H17ClFN. The van der Waals surface area contributed by atoms with Gasteiger partial charge in [0.15, 0.2) is 5.67 Å². The minimum atomic E-state index is -1.41. The van der Waals surface area contributed by atoms with E-state index in [4.69, 9.17) is 11.6 Å². The van der Waals surface area contributed by atoms with Gasteiger partial charge in [-0.25, -0.2) is 9.37 Å². The van der Waals surface area contributed by atoms with Crippen molar-refractivity contribution in [1.29, 1.82) is 0 Å². The fourth-order valence-corrected chi connectivity index (χ4v) is 2.04. The van der Waals surface area contributed by atoms with Crippen molar-refractivity contribution in [3.8, 4) is 0 Å². The maximum absolute atomic E-state index is 14.8. The van der Waals surface area contributed by atoms with Gasteiger partial charge in [-0.05, 0) is 24.0 Å². The van der Waals surface area contributed by atoms with Gasteiger partial charge in [-0.1, -0.05) is 45.4 Å². The zero-order valence-electron chi connectivity index (χ0n) is 9.59. The van der Waals surface area contributed by atoms with E-state index in [0.717, 1.165) is 0 Å². The van der Waals surface area contributed by atoms with Crippen molar-refractivity contribution in [3.63, 3.8) is 0 Å². The highest BCUT2D eigenvalue weighted by atomic mass is 35.5. The molecule has 1 nitrogen and oxygen atoms in total. The van der Waals surface area contributed by atoms with Crippen LogP contribution in [0.3, 0.4) is 0 Å². The number of rotatable bonds is 3. The SMILES string of the molecule is CC(C)C(F)(c1cccc(Cl)n1)C(C)C. The summed E-state index contributed by atoms with van der Waals surface area (Å²) in [6.07, 6.45) is 0. The van der Waals surface area contributed by atoms with Crippen molar-refractivity contribution in [2.24, 2.45) is 11.8 Å². The largest absolute Gasteiger partial charge is 0.238 e. The summed E-state index contributed by atoms with van der Waals surface area (Å²) in [7, 11) is 0. The first-order chi connectivity index (χ1) is 6.89. The highest BCUT2D eigenvalue weighted by Gasteiger charge is 2.40. The molecule has 0 saturated heterocycles. The maximum atomic E-state index is 14.8. The molecule has 0 radical (unpaired) electrons. The van der Waals surface area contributed by atoms with Crippen LogP contribution < -0.4 is 0 Å². The molecule has 0 unspecified atom stereocenters. The molecule has 0 atom stereocenters. The van der Waals surface area contributed by atoms with Gasteiger partial charge in [0.2, 0.25) is 0 Å². The van der Waals surface area contributed by atoms with Crippen LogP contribution >= 0.6 is 11.6 Å². The van der Waals surface area contributed by atoms with Gasteiger partial charge in [0.25, 0.3) is 0 Å². The molecule has 0 spiro atoms. The Labute approximate surface area is 95.7 Å². The number of hydrogen-bond acceptors (Lipinski definition) is 1. The molecule has 1 aromatic heterocycles. The molecule has 0 bridgehead atoms. The topological polar surface area (TPSA) is 12.9 Å². The van der Waals surface area contributed by atoms with Gasteiger partial charge in [0, 0.05) is 0 Å². The molecule has 0 amide bonds.